The van der Waals surface area contributed by atoms with Gasteiger partial charge in [-0.05, 0) is 55.2 Å². The fourth-order valence-corrected chi connectivity index (χ4v) is 4.03. The molecule has 3 aromatic rings. The summed E-state index contributed by atoms with van der Waals surface area (Å²) in [6.07, 6.45) is 1.50. The Morgan fingerprint density at radius 3 is 2.00 bits per heavy atom. The molecule has 1 saturated heterocycles. The molecule has 6 heteroatoms. The molecule has 33 heavy (non-hydrogen) atoms. The van der Waals surface area contributed by atoms with Crippen LogP contribution in [0.15, 0.2) is 60.7 Å². The Bertz CT molecular complexity index is 1040. The van der Waals surface area contributed by atoms with Gasteiger partial charge < -0.3 is 14.5 Å². The fourth-order valence-electron chi connectivity index (χ4n) is 4.03. The minimum Gasteiger partial charge on any atom is -0.481 e. The molecule has 1 fully saturated rings. The van der Waals surface area contributed by atoms with E-state index in [1.165, 1.54) is 11.1 Å². The number of amides is 1. The van der Waals surface area contributed by atoms with E-state index < -0.39 is 6.10 Å². The van der Waals surface area contributed by atoms with Crippen molar-refractivity contribution in [1.29, 1.82) is 0 Å². The van der Waals surface area contributed by atoms with Gasteiger partial charge in [-0.1, -0.05) is 50.2 Å². The molecule has 4 rings (SSSR count). The zero-order valence-electron chi connectivity index (χ0n) is 19.7. The zero-order valence-corrected chi connectivity index (χ0v) is 19.7. The first-order valence-corrected chi connectivity index (χ1v) is 11.8. The number of anilines is 1. The smallest absolute Gasteiger partial charge is 0.263 e. The van der Waals surface area contributed by atoms with Crippen LogP contribution in [0.4, 0.5) is 5.82 Å². The summed E-state index contributed by atoms with van der Waals surface area (Å²) in [5, 5.41) is 8.87. The third-order valence-corrected chi connectivity index (χ3v) is 6.22. The summed E-state index contributed by atoms with van der Waals surface area (Å²) in [5.74, 6) is 1.59. The highest BCUT2D eigenvalue weighted by molar-refractivity contribution is 5.81. The van der Waals surface area contributed by atoms with Gasteiger partial charge in [0.05, 0.1) is 5.69 Å². The summed E-state index contributed by atoms with van der Waals surface area (Å²) in [7, 11) is 0. The van der Waals surface area contributed by atoms with Gasteiger partial charge in [0.25, 0.3) is 5.91 Å². The number of carbonyl (C=O) groups excluding carboxylic acids is 1. The molecule has 1 aliphatic heterocycles. The number of hydrogen-bond donors (Lipinski definition) is 0. The first-order chi connectivity index (χ1) is 16.1. The maximum Gasteiger partial charge on any atom is 0.263 e. The molecule has 0 spiro atoms. The van der Waals surface area contributed by atoms with Crippen molar-refractivity contribution in [2.45, 2.75) is 39.7 Å². The van der Waals surface area contributed by atoms with Crippen molar-refractivity contribution in [3.63, 3.8) is 0 Å². The molecule has 6 nitrogen and oxygen atoms in total. The number of hydrogen-bond acceptors (Lipinski definition) is 5. The molecule has 0 aliphatic carbocycles. The first-order valence-electron chi connectivity index (χ1n) is 11.8. The van der Waals surface area contributed by atoms with Crippen LogP contribution in [-0.4, -0.2) is 53.3 Å². The number of benzene rings is 2. The Hall–Kier alpha value is -3.41. The lowest BCUT2D eigenvalue weighted by atomic mass is 10.1. The summed E-state index contributed by atoms with van der Waals surface area (Å²) in [6, 6.07) is 20.4. The van der Waals surface area contributed by atoms with Crippen LogP contribution >= 0.6 is 0 Å². The Kier molecular flexibility index (Phi) is 7.23. The third kappa shape index (κ3) is 5.51. The van der Waals surface area contributed by atoms with Crippen molar-refractivity contribution in [3.05, 3.63) is 71.8 Å². The van der Waals surface area contributed by atoms with E-state index in [0.717, 1.165) is 48.8 Å². The topological polar surface area (TPSA) is 58.6 Å². The second-order valence-corrected chi connectivity index (χ2v) is 8.40. The molecule has 0 bridgehead atoms. The molecule has 1 unspecified atom stereocenters. The van der Waals surface area contributed by atoms with E-state index in [0.29, 0.717) is 13.1 Å². The lowest BCUT2D eigenvalue weighted by Gasteiger charge is -2.36. The SMILES string of the molecule is CCc1ccc(OC(C)C(=O)N2CCN(c3ccc(-c4ccc(CC)cc4)nn3)CC2)cc1. The van der Waals surface area contributed by atoms with Gasteiger partial charge in [-0.2, -0.15) is 0 Å². The summed E-state index contributed by atoms with van der Waals surface area (Å²) in [6.45, 7) is 8.82. The molecule has 1 atom stereocenters. The van der Waals surface area contributed by atoms with Crippen LogP contribution in [0.3, 0.4) is 0 Å². The van der Waals surface area contributed by atoms with Gasteiger partial charge in [-0.15, -0.1) is 10.2 Å². The van der Waals surface area contributed by atoms with Gasteiger partial charge in [0.15, 0.2) is 11.9 Å². The predicted octanol–water partition coefficient (Wildman–Crippen LogP) is 4.38. The van der Waals surface area contributed by atoms with E-state index in [4.69, 9.17) is 4.74 Å². The lowest BCUT2D eigenvalue weighted by molar-refractivity contribution is -0.138. The number of aryl methyl sites for hydroxylation is 2. The second-order valence-electron chi connectivity index (χ2n) is 8.40. The van der Waals surface area contributed by atoms with Gasteiger partial charge in [0, 0.05) is 31.7 Å². The highest BCUT2D eigenvalue weighted by Crippen LogP contribution is 2.21. The average molecular weight is 445 g/mol. The molecule has 0 saturated carbocycles. The van der Waals surface area contributed by atoms with Crippen molar-refractivity contribution in [2.24, 2.45) is 0 Å². The number of aromatic nitrogens is 2. The molecule has 0 N–H and O–H groups in total. The molecule has 2 aromatic carbocycles. The monoisotopic (exact) mass is 444 g/mol. The number of ether oxygens (including phenoxy) is 1. The van der Waals surface area contributed by atoms with Crippen LogP contribution in [0.25, 0.3) is 11.3 Å². The molecule has 0 radical (unpaired) electrons. The number of carbonyl (C=O) groups is 1. The van der Waals surface area contributed by atoms with Crippen LogP contribution < -0.4 is 9.64 Å². The standard InChI is InChI=1S/C27H32N4O2/c1-4-21-6-10-23(11-7-21)25-14-15-26(29-28-25)30-16-18-31(19-17-30)27(32)20(3)33-24-12-8-22(5-2)9-13-24/h6-15,20H,4-5,16-19H2,1-3H3. The second kappa shape index (κ2) is 10.5. The van der Waals surface area contributed by atoms with E-state index in [9.17, 15) is 4.79 Å². The van der Waals surface area contributed by atoms with Gasteiger partial charge in [0.2, 0.25) is 0 Å². The maximum atomic E-state index is 12.9. The highest BCUT2D eigenvalue weighted by Gasteiger charge is 2.26. The van der Waals surface area contributed by atoms with Crippen molar-refractivity contribution >= 4 is 11.7 Å². The quantitative estimate of drug-likeness (QED) is 0.541. The summed E-state index contributed by atoms with van der Waals surface area (Å²) in [4.78, 5) is 16.9. The largest absolute Gasteiger partial charge is 0.481 e. The van der Waals surface area contributed by atoms with Crippen LogP contribution in [-0.2, 0) is 17.6 Å². The third-order valence-electron chi connectivity index (χ3n) is 6.22. The number of piperazine rings is 1. The average Bonchev–Trinajstić information content (AvgIpc) is 2.89. The van der Waals surface area contributed by atoms with Gasteiger partial charge in [0.1, 0.15) is 5.75 Å². The van der Waals surface area contributed by atoms with Gasteiger partial charge >= 0.3 is 0 Å². The van der Waals surface area contributed by atoms with Crippen molar-refractivity contribution in [2.75, 3.05) is 31.1 Å². The minimum absolute atomic E-state index is 0.0196. The molecule has 1 amide bonds. The van der Waals surface area contributed by atoms with E-state index in [-0.39, 0.29) is 5.91 Å². The summed E-state index contributed by atoms with van der Waals surface area (Å²) >= 11 is 0. The molecule has 2 heterocycles. The predicted molar refractivity (Wildman–Crippen MR) is 132 cm³/mol. The maximum absolute atomic E-state index is 12.9. The molecule has 172 valence electrons. The zero-order chi connectivity index (χ0) is 23.2. The van der Waals surface area contributed by atoms with E-state index in [2.05, 4.69) is 53.2 Å². The Balaban J connectivity index is 1.30. The van der Waals surface area contributed by atoms with Crippen molar-refractivity contribution in [1.82, 2.24) is 15.1 Å². The Morgan fingerprint density at radius 2 is 1.45 bits per heavy atom. The van der Waals surface area contributed by atoms with E-state index in [1.54, 1.807) is 0 Å². The van der Waals surface area contributed by atoms with Crippen LogP contribution in [0.2, 0.25) is 0 Å². The van der Waals surface area contributed by atoms with E-state index >= 15 is 0 Å². The lowest BCUT2D eigenvalue weighted by Crippen LogP contribution is -2.52. The van der Waals surface area contributed by atoms with Crippen molar-refractivity contribution < 1.29 is 9.53 Å². The molecule has 1 aromatic heterocycles. The first kappa shape index (κ1) is 22.8. The summed E-state index contributed by atoms with van der Waals surface area (Å²) in [5.41, 5.74) is 4.50. The number of rotatable bonds is 7. The molecular formula is C27H32N4O2. The van der Waals surface area contributed by atoms with Crippen LogP contribution in [0.5, 0.6) is 5.75 Å². The minimum atomic E-state index is -0.512. The van der Waals surface area contributed by atoms with Gasteiger partial charge in [-0.25, -0.2) is 0 Å². The van der Waals surface area contributed by atoms with Gasteiger partial charge in [-0.3, -0.25) is 4.79 Å². The summed E-state index contributed by atoms with van der Waals surface area (Å²) < 4.78 is 5.88. The van der Waals surface area contributed by atoms with Crippen molar-refractivity contribution in [3.8, 4) is 17.0 Å². The normalized spacial score (nSPS) is 14.8. The van der Waals surface area contributed by atoms with E-state index in [1.807, 2.05) is 48.2 Å². The Labute approximate surface area is 196 Å². The van der Waals surface area contributed by atoms with Crippen LogP contribution in [0, 0.1) is 0 Å². The fraction of sp³-hybridized carbons (Fsp3) is 0.370. The Morgan fingerprint density at radius 1 is 0.848 bits per heavy atom. The highest BCUT2D eigenvalue weighted by atomic mass is 16.5. The van der Waals surface area contributed by atoms with Crippen LogP contribution in [0.1, 0.15) is 31.9 Å². The molecule has 1 aliphatic rings. The number of nitrogens with zero attached hydrogens (tertiary/aromatic N) is 4. The molecular weight excluding hydrogens is 412 g/mol.